The third-order valence-electron chi connectivity index (χ3n) is 3.80. The van der Waals surface area contributed by atoms with E-state index in [9.17, 15) is 19.2 Å². The molecule has 0 atom stereocenters. The molecular formula is C21H19NO7. The Labute approximate surface area is 167 Å². The Morgan fingerprint density at radius 1 is 0.724 bits per heavy atom. The summed E-state index contributed by atoms with van der Waals surface area (Å²) in [5.41, 5.74) is 1.49. The summed E-state index contributed by atoms with van der Waals surface area (Å²) in [6, 6.07) is 10.5. The van der Waals surface area contributed by atoms with Crippen LogP contribution in [-0.4, -0.2) is 45.1 Å². The molecule has 0 fully saturated rings. The van der Waals surface area contributed by atoms with Crippen LogP contribution in [0, 0.1) is 0 Å². The molecule has 0 aromatic heterocycles. The second-order valence-electron chi connectivity index (χ2n) is 5.72. The molecule has 0 saturated carbocycles. The van der Waals surface area contributed by atoms with E-state index in [0.717, 1.165) is 0 Å². The number of carbonyl (C=O) groups excluding carboxylic acids is 4. The maximum Gasteiger partial charge on any atom is 0.337 e. The van der Waals surface area contributed by atoms with Gasteiger partial charge in [-0.05, 0) is 42.0 Å². The lowest BCUT2D eigenvalue weighted by Gasteiger charge is -2.08. The van der Waals surface area contributed by atoms with E-state index < -0.39 is 23.8 Å². The van der Waals surface area contributed by atoms with Crippen molar-refractivity contribution in [2.75, 3.05) is 26.6 Å². The van der Waals surface area contributed by atoms with E-state index in [1.807, 2.05) is 0 Å². The van der Waals surface area contributed by atoms with Crippen molar-refractivity contribution in [3.05, 3.63) is 70.8 Å². The number of ether oxygens (including phenoxy) is 3. The summed E-state index contributed by atoms with van der Waals surface area (Å²) in [6.45, 7) is 0. The monoisotopic (exact) mass is 397 g/mol. The first kappa shape index (κ1) is 21.4. The Bertz CT molecular complexity index is 927. The molecule has 0 heterocycles. The molecule has 1 amide bonds. The van der Waals surface area contributed by atoms with Crippen molar-refractivity contribution in [3.8, 4) is 0 Å². The zero-order chi connectivity index (χ0) is 21.4. The van der Waals surface area contributed by atoms with Gasteiger partial charge >= 0.3 is 17.9 Å². The molecular weight excluding hydrogens is 378 g/mol. The van der Waals surface area contributed by atoms with Gasteiger partial charge in [0.2, 0.25) is 5.91 Å². The lowest BCUT2D eigenvalue weighted by molar-refractivity contribution is -0.111. The fraction of sp³-hybridized carbons (Fsp3) is 0.143. The number of methoxy groups -OCH3 is 3. The Morgan fingerprint density at radius 2 is 1.21 bits per heavy atom. The van der Waals surface area contributed by atoms with E-state index in [-0.39, 0.29) is 16.8 Å². The Balaban J connectivity index is 2.16. The molecule has 8 nitrogen and oxygen atoms in total. The van der Waals surface area contributed by atoms with Crippen molar-refractivity contribution in [2.24, 2.45) is 0 Å². The minimum atomic E-state index is -0.660. The third-order valence-corrected chi connectivity index (χ3v) is 3.80. The molecule has 2 aromatic rings. The number of carbonyl (C=O) groups is 4. The summed E-state index contributed by atoms with van der Waals surface area (Å²) in [5.74, 6) is -2.26. The lowest BCUT2D eigenvalue weighted by Crippen LogP contribution is -2.12. The Hall–Kier alpha value is -3.94. The minimum absolute atomic E-state index is 0.0908. The van der Waals surface area contributed by atoms with Crippen LogP contribution >= 0.6 is 0 Å². The topological polar surface area (TPSA) is 108 Å². The molecule has 8 heteroatoms. The molecule has 0 spiro atoms. The Morgan fingerprint density at radius 3 is 1.69 bits per heavy atom. The van der Waals surface area contributed by atoms with Gasteiger partial charge in [-0.25, -0.2) is 14.4 Å². The number of hydrogen-bond donors (Lipinski definition) is 1. The van der Waals surface area contributed by atoms with E-state index >= 15 is 0 Å². The maximum absolute atomic E-state index is 12.2. The smallest absolute Gasteiger partial charge is 0.337 e. The van der Waals surface area contributed by atoms with Gasteiger partial charge < -0.3 is 19.5 Å². The lowest BCUT2D eigenvalue weighted by atomic mass is 10.1. The highest BCUT2D eigenvalue weighted by molar-refractivity contribution is 6.04. The Kier molecular flexibility index (Phi) is 7.25. The first-order valence-electron chi connectivity index (χ1n) is 8.37. The summed E-state index contributed by atoms with van der Waals surface area (Å²) in [7, 11) is 3.71. The molecule has 1 N–H and O–H groups in total. The van der Waals surface area contributed by atoms with Crippen LogP contribution in [0.2, 0.25) is 0 Å². The van der Waals surface area contributed by atoms with Crippen LogP contribution in [0.4, 0.5) is 5.69 Å². The molecule has 0 saturated heterocycles. The van der Waals surface area contributed by atoms with Crippen molar-refractivity contribution in [2.45, 2.75) is 0 Å². The van der Waals surface area contributed by atoms with Crippen LogP contribution in [0.1, 0.15) is 36.6 Å². The summed E-state index contributed by atoms with van der Waals surface area (Å²) >= 11 is 0. The summed E-state index contributed by atoms with van der Waals surface area (Å²) in [4.78, 5) is 47.2. The van der Waals surface area contributed by atoms with Gasteiger partial charge in [-0.1, -0.05) is 12.1 Å². The quantitative estimate of drug-likeness (QED) is 0.453. The number of hydrogen-bond acceptors (Lipinski definition) is 7. The SMILES string of the molecule is COC(=O)c1ccc(/C=C/C(=O)Nc2cc(C(=O)OC)cc(C(=O)OC)c2)cc1. The second-order valence-corrected chi connectivity index (χ2v) is 5.72. The number of anilines is 1. The summed E-state index contributed by atoms with van der Waals surface area (Å²) < 4.78 is 13.9. The van der Waals surface area contributed by atoms with Gasteiger partial charge in [-0.3, -0.25) is 4.79 Å². The molecule has 150 valence electrons. The van der Waals surface area contributed by atoms with Gasteiger partial charge in [-0.15, -0.1) is 0 Å². The van der Waals surface area contributed by atoms with E-state index in [2.05, 4.69) is 19.5 Å². The highest BCUT2D eigenvalue weighted by atomic mass is 16.5. The van der Waals surface area contributed by atoms with Crippen molar-refractivity contribution >= 4 is 35.6 Å². The van der Waals surface area contributed by atoms with Gasteiger partial charge in [0.1, 0.15) is 0 Å². The predicted molar refractivity (Wildman–Crippen MR) is 105 cm³/mol. The zero-order valence-electron chi connectivity index (χ0n) is 16.1. The third kappa shape index (κ3) is 5.77. The molecule has 0 aliphatic rings. The van der Waals surface area contributed by atoms with E-state index in [4.69, 9.17) is 0 Å². The molecule has 0 radical (unpaired) electrons. The summed E-state index contributed by atoms with van der Waals surface area (Å²) in [5, 5.41) is 2.57. The molecule has 2 rings (SSSR count). The molecule has 0 aliphatic heterocycles. The summed E-state index contributed by atoms with van der Waals surface area (Å²) in [6.07, 6.45) is 2.82. The van der Waals surface area contributed by atoms with Crippen molar-refractivity contribution in [1.29, 1.82) is 0 Å². The van der Waals surface area contributed by atoms with Crippen molar-refractivity contribution in [3.63, 3.8) is 0 Å². The van der Waals surface area contributed by atoms with Crippen LogP contribution < -0.4 is 5.32 Å². The first-order valence-corrected chi connectivity index (χ1v) is 8.37. The number of amides is 1. The van der Waals surface area contributed by atoms with Crippen LogP contribution in [0.15, 0.2) is 48.5 Å². The standard InChI is InChI=1S/C21H19NO7/c1-27-19(24)14-7-4-13(5-8-14)6-9-18(23)22-17-11-15(20(25)28-2)10-16(12-17)21(26)29-3/h4-12H,1-3H3,(H,22,23)/b9-6+. The second kappa shape index (κ2) is 9.84. The van der Waals surface area contributed by atoms with E-state index in [1.165, 1.54) is 45.6 Å². The molecule has 0 unspecified atom stereocenters. The average Bonchev–Trinajstić information content (AvgIpc) is 2.76. The fourth-order valence-electron chi connectivity index (χ4n) is 2.38. The number of nitrogens with one attached hydrogen (secondary N) is 1. The van der Waals surface area contributed by atoms with Crippen molar-refractivity contribution in [1.82, 2.24) is 0 Å². The minimum Gasteiger partial charge on any atom is -0.465 e. The van der Waals surface area contributed by atoms with Crippen LogP contribution in [0.25, 0.3) is 6.08 Å². The number of rotatable bonds is 6. The van der Waals surface area contributed by atoms with Gasteiger partial charge in [0.25, 0.3) is 0 Å². The van der Waals surface area contributed by atoms with E-state index in [0.29, 0.717) is 11.1 Å². The maximum atomic E-state index is 12.2. The normalized spacial score (nSPS) is 10.3. The average molecular weight is 397 g/mol. The molecule has 0 aliphatic carbocycles. The van der Waals surface area contributed by atoms with Gasteiger partial charge in [0, 0.05) is 11.8 Å². The van der Waals surface area contributed by atoms with Gasteiger partial charge in [-0.2, -0.15) is 0 Å². The van der Waals surface area contributed by atoms with Crippen molar-refractivity contribution < 1.29 is 33.4 Å². The number of benzene rings is 2. The largest absolute Gasteiger partial charge is 0.465 e. The van der Waals surface area contributed by atoms with Crippen LogP contribution in [-0.2, 0) is 19.0 Å². The van der Waals surface area contributed by atoms with Crippen LogP contribution in [0.3, 0.4) is 0 Å². The highest BCUT2D eigenvalue weighted by Gasteiger charge is 2.14. The van der Waals surface area contributed by atoms with Crippen LogP contribution in [0.5, 0.6) is 0 Å². The first-order chi connectivity index (χ1) is 13.9. The van der Waals surface area contributed by atoms with Gasteiger partial charge in [0.05, 0.1) is 38.0 Å². The molecule has 0 bridgehead atoms. The zero-order valence-corrected chi connectivity index (χ0v) is 16.1. The highest BCUT2D eigenvalue weighted by Crippen LogP contribution is 2.17. The predicted octanol–water partition coefficient (Wildman–Crippen LogP) is 2.70. The molecule has 29 heavy (non-hydrogen) atoms. The van der Waals surface area contributed by atoms with E-state index in [1.54, 1.807) is 30.3 Å². The fourth-order valence-corrected chi connectivity index (χ4v) is 2.38. The number of esters is 3. The van der Waals surface area contributed by atoms with Gasteiger partial charge in [0.15, 0.2) is 0 Å². The molecule has 2 aromatic carbocycles.